The van der Waals surface area contributed by atoms with Crippen LogP contribution in [0.4, 0.5) is 0 Å². The Bertz CT molecular complexity index is 408. The van der Waals surface area contributed by atoms with Crippen molar-refractivity contribution in [1.29, 1.82) is 0 Å². The van der Waals surface area contributed by atoms with E-state index in [1.165, 1.54) is 5.56 Å². The third kappa shape index (κ3) is 5.20. The van der Waals surface area contributed by atoms with E-state index in [2.05, 4.69) is 28.7 Å². The molecule has 0 aliphatic carbocycles. The molecule has 90 valence electrons. The summed E-state index contributed by atoms with van der Waals surface area (Å²) in [5.41, 5.74) is 16.2. The first kappa shape index (κ1) is 13.3. The second-order valence-electron chi connectivity index (χ2n) is 3.97. The van der Waals surface area contributed by atoms with Crippen LogP contribution in [-0.2, 0) is 6.42 Å². The third-order valence-corrected chi connectivity index (χ3v) is 2.60. The smallest absolute Gasteiger partial charge is 0.0836 e. The summed E-state index contributed by atoms with van der Waals surface area (Å²) < 4.78 is 0. The minimum atomic E-state index is -0.389. The summed E-state index contributed by atoms with van der Waals surface area (Å²) in [6.45, 7) is 3.75. The van der Waals surface area contributed by atoms with E-state index in [1.54, 1.807) is 0 Å². The van der Waals surface area contributed by atoms with Crippen molar-refractivity contribution in [2.24, 2.45) is 10.8 Å². The van der Waals surface area contributed by atoms with Gasteiger partial charge in [0.25, 0.3) is 0 Å². The number of azide groups is 1. The molecule has 0 spiro atoms. The van der Waals surface area contributed by atoms with E-state index < -0.39 is 0 Å². The molecule has 0 aliphatic rings. The van der Waals surface area contributed by atoms with Crippen molar-refractivity contribution in [1.82, 2.24) is 0 Å². The van der Waals surface area contributed by atoms with E-state index in [9.17, 15) is 0 Å². The summed E-state index contributed by atoms with van der Waals surface area (Å²) in [6.07, 6.45) is 5.24. The van der Waals surface area contributed by atoms with Gasteiger partial charge in [-0.15, -0.1) is 0 Å². The molecule has 1 aromatic carbocycles. The quantitative estimate of drug-likeness (QED) is 0.330. The molecule has 0 aromatic heterocycles. The van der Waals surface area contributed by atoms with Gasteiger partial charge in [0.05, 0.1) is 6.17 Å². The number of aryl methyl sites for hydroxylation is 1. The van der Waals surface area contributed by atoms with Gasteiger partial charge in [-0.2, -0.15) is 0 Å². The molecule has 0 radical (unpaired) electrons. The Morgan fingerprint density at radius 2 is 2.29 bits per heavy atom. The lowest BCUT2D eigenvalue weighted by molar-refractivity contribution is 0.577. The highest BCUT2D eigenvalue weighted by Crippen LogP contribution is 2.11. The summed E-state index contributed by atoms with van der Waals surface area (Å²) in [4.78, 5) is 2.68. The fourth-order valence-electron chi connectivity index (χ4n) is 1.68. The summed E-state index contributed by atoms with van der Waals surface area (Å²) in [5.74, 6) is 0. The summed E-state index contributed by atoms with van der Waals surface area (Å²) in [6, 6.07) is 8.33. The molecule has 1 unspecified atom stereocenters. The van der Waals surface area contributed by atoms with Gasteiger partial charge in [-0.1, -0.05) is 48.5 Å². The van der Waals surface area contributed by atoms with E-state index in [4.69, 9.17) is 11.3 Å². The number of nitrogens with zero attached hydrogens (tertiary/aromatic N) is 3. The number of benzene rings is 1. The van der Waals surface area contributed by atoms with E-state index >= 15 is 0 Å². The van der Waals surface area contributed by atoms with Gasteiger partial charge in [0.15, 0.2) is 0 Å². The van der Waals surface area contributed by atoms with Crippen molar-refractivity contribution in [3.8, 4) is 0 Å². The van der Waals surface area contributed by atoms with Crippen molar-refractivity contribution in [2.75, 3.05) is 0 Å². The molecule has 0 fully saturated rings. The molecule has 4 nitrogen and oxygen atoms in total. The molecule has 1 aromatic rings. The predicted molar refractivity (Wildman–Crippen MR) is 71.2 cm³/mol. The molecular formula is C13H18N4. The van der Waals surface area contributed by atoms with Crippen LogP contribution in [0.3, 0.4) is 0 Å². The summed E-state index contributed by atoms with van der Waals surface area (Å²) in [7, 11) is 0. The number of hydrogen-bond donors (Lipinski definition) is 1. The zero-order chi connectivity index (χ0) is 12.5. The van der Waals surface area contributed by atoms with E-state index in [0.717, 1.165) is 31.2 Å². The van der Waals surface area contributed by atoms with E-state index in [1.807, 2.05) is 18.2 Å². The molecule has 1 rings (SSSR count). The predicted octanol–water partition coefficient (Wildman–Crippen LogP) is 3.64. The number of rotatable bonds is 7. The van der Waals surface area contributed by atoms with Crippen LogP contribution in [0.5, 0.6) is 0 Å². The molecule has 4 heteroatoms. The minimum absolute atomic E-state index is 0.389. The van der Waals surface area contributed by atoms with Gasteiger partial charge in [-0.25, -0.2) is 0 Å². The van der Waals surface area contributed by atoms with Gasteiger partial charge in [-0.05, 0) is 35.9 Å². The molecule has 0 saturated carbocycles. The van der Waals surface area contributed by atoms with Crippen LogP contribution < -0.4 is 5.73 Å². The van der Waals surface area contributed by atoms with Gasteiger partial charge in [0, 0.05) is 4.91 Å². The maximum atomic E-state index is 8.20. The van der Waals surface area contributed by atoms with Crippen molar-refractivity contribution in [2.45, 2.75) is 31.8 Å². The first-order valence-corrected chi connectivity index (χ1v) is 5.77. The third-order valence-electron chi connectivity index (χ3n) is 2.60. The maximum absolute atomic E-state index is 8.20. The standard InChI is InChI=1S/C13H18N4/c1-2-11-7-5-8-12(10-11)6-3-4-9-13(14)16-17-15/h2,5,7-8,10,13H,1,3-4,6,9,14H2. The lowest BCUT2D eigenvalue weighted by atomic mass is 10.0. The van der Waals surface area contributed by atoms with Crippen LogP contribution in [0.1, 0.15) is 30.4 Å². The molecule has 2 N–H and O–H groups in total. The first-order valence-electron chi connectivity index (χ1n) is 5.77. The monoisotopic (exact) mass is 230 g/mol. The van der Waals surface area contributed by atoms with Crippen molar-refractivity contribution < 1.29 is 0 Å². The highest BCUT2D eigenvalue weighted by Gasteiger charge is 1.99. The Labute approximate surface area is 102 Å². The summed E-state index contributed by atoms with van der Waals surface area (Å²) >= 11 is 0. The fraction of sp³-hybridized carbons (Fsp3) is 0.385. The van der Waals surface area contributed by atoms with Crippen molar-refractivity contribution in [3.05, 3.63) is 52.4 Å². The normalized spacial score (nSPS) is 11.6. The highest BCUT2D eigenvalue weighted by atomic mass is 15.2. The Hall–Kier alpha value is -1.77. The van der Waals surface area contributed by atoms with Gasteiger partial charge >= 0.3 is 0 Å². The van der Waals surface area contributed by atoms with Gasteiger partial charge in [0.1, 0.15) is 0 Å². The van der Waals surface area contributed by atoms with Crippen molar-refractivity contribution in [3.63, 3.8) is 0 Å². The molecule has 17 heavy (non-hydrogen) atoms. The van der Waals surface area contributed by atoms with E-state index in [-0.39, 0.29) is 6.17 Å². The second-order valence-corrected chi connectivity index (χ2v) is 3.97. The van der Waals surface area contributed by atoms with Gasteiger partial charge in [-0.3, -0.25) is 0 Å². The molecule has 0 aliphatic heterocycles. The lowest BCUT2D eigenvalue weighted by Crippen LogP contribution is -2.15. The zero-order valence-corrected chi connectivity index (χ0v) is 9.92. The van der Waals surface area contributed by atoms with Crippen LogP contribution in [0.2, 0.25) is 0 Å². The number of nitrogens with two attached hydrogens (primary N) is 1. The Balaban J connectivity index is 2.30. The summed E-state index contributed by atoms with van der Waals surface area (Å²) in [5, 5.41) is 3.44. The molecule has 0 amide bonds. The average Bonchev–Trinajstić information content (AvgIpc) is 2.35. The molecule has 1 atom stereocenters. The van der Waals surface area contributed by atoms with Crippen LogP contribution in [0, 0.1) is 0 Å². The maximum Gasteiger partial charge on any atom is 0.0836 e. The van der Waals surface area contributed by atoms with Crippen LogP contribution in [0.15, 0.2) is 36.0 Å². The van der Waals surface area contributed by atoms with Gasteiger partial charge < -0.3 is 5.73 Å². The second kappa shape index (κ2) is 7.49. The molecule has 0 heterocycles. The Morgan fingerprint density at radius 1 is 1.47 bits per heavy atom. The lowest BCUT2D eigenvalue weighted by Gasteiger charge is -2.05. The first-order chi connectivity index (χ1) is 8.26. The Kier molecular flexibility index (Phi) is 5.86. The average molecular weight is 230 g/mol. The van der Waals surface area contributed by atoms with Crippen LogP contribution in [-0.4, -0.2) is 6.17 Å². The molecule has 0 bridgehead atoms. The van der Waals surface area contributed by atoms with Crippen LogP contribution in [0.25, 0.3) is 16.5 Å². The highest BCUT2D eigenvalue weighted by molar-refractivity contribution is 5.47. The van der Waals surface area contributed by atoms with Crippen LogP contribution >= 0.6 is 0 Å². The number of hydrogen-bond acceptors (Lipinski definition) is 2. The van der Waals surface area contributed by atoms with Crippen molar-refractivity contribution >= 4 is 6.08 Å². The zero-order valence-electron chi connectivity index (χ0n) is 9.92. The van der Waals surface area contributed by atoms with Gasteiger partial charge in [0.2, 0.25) is 0 Å². The topological polar surface area (TPSA) is 74.8 Å². The number of unbranched alkanes of at least 4 members (excludes halogenated alkanes) is 1. The molecular weight excluding hydrogens is 212 g/mol. The SMILES string of the molecule is C=Cc1cccc(CCCCC(N)N=[N+]=[N-])c1. The largest absolute Gasteiger partial charge is 0.323 e. The fourth-order valence-corrected chi connectivity index (χ4v) is 1.68. The minimum Gasteiger partial charge on any atom is -0.323 e. The molecule has 0 saturated heterocycles. The van der Waals surface area contributed by atoms with E-state index in [0.29, 0.717) is 0 Å². The Morgan fingerprint density at radius 3 is 3.00 bits per heavy atom.